The van der Waals surface area contributed by atoms with Crippen molar-refractivity contribution in [1.82, 2.24) is 10.2 Å². The molecule has 0 radical (unpaired) electrons. The Labute approximate surface area is 142 Å². The van der Waals surface area contributed by atoms with Gasteiger partial charge in [0.15, 0.2) is 0 Å². The van der Waals surface area contributed by atoms with Crippen molar-refractivity contribution in [2.75, 3.05) is 26.7 Å². The number of benzene rings is 1. The number of methoxy groups -OCH3 is 1. The minimum Gasteiger partial charge on any atom is -0.494 e. The number of carbonyl (C=O) groups is 1. The van der Waals surface area contributed by atoms with E-state index in [1.165, 1.54) is 0 Å². The summed E-state index contributed by atoms with van der Waals surface area (Å²) in [6.45, 7) is 3.29. The number of nitrogens with one attached hydrogen (secondary N) is 1. The van der Waals surface area contributed by atoms with Gasteiger partial charge in [0, 0.05) is 32.6 Å². The fourth-order valence-corrected chi connectivity index (χ4v) is 4.07. The Morgan fingerprint density at radius 1 is 1.29 bits per heavy atom. The molecule has 0 bridgehead atoms. The van der Waals surface area contributed by atoms with Gasteiger partial charge in [0.1, 0.15) is 5.75 Å². The van der Waals surface area contributed by atoms with Crippen LogP contribution < -0.4 is 10.1 Å². The van der Waals surface area contributed by atoms with Crippen LogP contribution in [0, 0.1) is 0 Å². The van der Waals surface area contributed by atoms with Crippen LogP contribution in [0.5, 0.6) is 5.75 Å². The molecule has 1 heterocycles. The average Bonchev–Trinajstić information content (AvgIpc) is 2.97. The minimum atomic E-state index is 0.261. The van der Waals surface area contributed by atoms with Crippen LogP contribution in [0.15, 0.2) is 21.1 Å². The van der Waals surface area contributed by atoms with Crippen molar-refractivity contribution in [3.8, 4) is 5.75 Å². The molecule has 0 aromatic heterocycles. The van der Waals surface area contributed by atoms with Crippen molar-refractivity contribution in [3.63, 3.8) is 0 Å². The van der Waals surface area contributed by atoms with Crippen LogP contribution in [0.25, 0.3) is 0 Å². The van der Waals surface area contributed by atoms with Crippen molar-refractivity contribution >= 4 is 37.8 Å². The van der Waals surface area contributed by atoms with Gasteiger partial charge in [0.05, 0.1) is 16.1 Å². The summed E-state index contributed by atoms with van der Waals surface area (Å²) in [5.41, 5.74) is 1.14. The Balaban J connectivity index is 1.77. The van der Waals surface area contributed by atoms with Gasteiger partial charge in [-0.25, -0.2) is 0 Å². The van der Waals surface area contributed by atoms with E-state index in [0.29, 0.717) is 13.0 Å². The van der Waals surface area contributed by atoms with Gasteiger partial charge >= 0.3 is 0 Å². The third-order valence-corrected chi connectivity index (χ3v) is 4.74. The lowest BCUT2D eigenvalue weighted by molar-refractivity contribution is -0.130. The fourth-order valence-electron chi connectivity index (χ4n) is 2.46. The molecule has 0 spiro atoms. The standard InChI is InChI=1S/C15H20Br2N2O2/c1-21-15-12(16)8-11(9-13(15)17)10-18-5-4-14(20)19-6-2-3-7-19/h8-9,18H,2-7,10H2,1H3. The van der Waals surface area contributed by atoms with Crippen LogP contribution in [0.4, 0.5) is 0 Å². The van der Waals surface area contributed by atoms with Gasteiger partial charge in [-0.15, -0.1) is 0 Å². The maximum atomic E-state index is 11.9. The van der Waals surface area contributed by atoms with Gasteiger partial charge in [-0.1, -0.05) is 0 Å². The fraction of sp³-hybridized carbons (Fsp3) is 0.533. The highest BCUT2D eigenvalue weighted by Gasteiger charge is 2.16. The van der Waals surface area contributed by atoms with E-state index in [1.54, 1.807) is 7.11 Å². The van der Waals surface area contributed by atoms with Crippen LogP contribution in [0.1, 0.15) is 24.8 Å². The van der Waals surface area contributed by atoms with E-state index in [9.17, 15) is 4.79 Å². The Morgan fingerprint density at radius 3 is 2.48 bits per heavy atom. The zero-order valence-electron chi connectivity index (χ0n) is 12.1. The molecule has 0 saturated carbocycles. The second-order valence-electron chi connectivity index (χ2n) is 5.11. The highest BCUT2D eigenvalue weighted by molar-refractivity contribution is 9.11. The predicted molar refractivity (Wildman–Crippen MR) is 90.5 cm³/mol. The molecule has 1 amide bonds. The Kier molecular flexibility index (Phi) is 6.51. The lowest BCUT2D eigenvalue weighted by Gasteiger charge is -2.15. The number of amides is 1. The van der Waals surface area contributed by atoms with Crippen molar-refractivity contribution in [2.45, 2.75) is 25.8 Å². The van der Waals surface area contributed by atoms with E-state index in [2.05, 4.69) is 37.2 Å². The summed E-state index contributed by atoms with van der Waals surface area (Å²) in [7, 11) is 1.65. The summed E-state index contributed by atoms with van der Waals surface area (Å²) in [6, 6.07) is 4.05. The number of hydrogen-bond donors (Lipinski definition) is 1. The summed E-state index contributed by atoms with van der Waals surface area (Å²) in [4.78, 5) is 13.9. The van der Waals surface area contributed by atoms with Gasteiger partial charge in [-0.2, -0.15) is 0 Å². The molecule has 6 heteroatoms. The Morgan fingerprint density at radius 2 is 1.90 bits per heavy atom. The topological polar surface area (TPSA) is 41.6 Å². The number of hydrogen-bond acceptors (Lipinski definition) is 3. The largest absolute Gasteiger partial charge is 0.494 e. The van der Waals surface area contributed by atoms with E-state index in [1.807, 2.05) is 17.0 Å². The molecule has 1 aliphatic rings. The number of nitrogens with zero attached hydrogens (tertiary/aromatic N) is 1. The smallest absolute Gasteiger partial charge is 0.223 e. The first-order valence-electron chi connectivity index (χ1n) is 7.12. The van der Waals surface area contributed by atoms with Crippen molar-refractivity contribution in [3.05, 3.63) is 26.6 Å². The lowest BCUT2D eigenvalue weighted by Crippen LogP contribution is -2.30. The second kappa shape index (κ2) is 8.15. The molecule has 1 aliphatic heterocycles. The van der Waals surface area contributed by atoms with Crippen molar-refractivity contribution < 1.29 is 9.53 Å². The maximum absolute atomic E-state index is 11.9. The van der Waals surface area contributed by atoms with E-state index in [4.69, 9.17) is 4.74 Å². The van der Waals surface area contributed by atoms with Crippen LogP contribution in [0.2, 0.25) is 0 Å². The van der Waals surface area contributed by atoms with Crippen LogP contribution in [-0.4, -0.2) is 37.6 Å². The molecule has 2 rings (SSSR count). The average molecular weight is 420 g/mol. The quantitative estimate of drug-likeness (QED) is 0.719. The summed E-state index contributed by atoms with van der Waals surface area (Å²) >= 11 is 6.98. The zero-order chi connectivity index (χ0) is 15.2. The van der Waals surface area contributed by atoms with E-state index in [0.717, 1.165) is 52.7 Å². The summed E-state index contributed by atoms with van der Waals surface area (Å²) in [6.07, 6.45) is 2.86. The normalized spacial score (nSPS) is 14.5. The van der Waals surface area contributed by atoms with Gasteiger partial charge in [-0.05, 0) is 62.4 Å². The summed E-state index contributed by atoms with van der Waals surface area (Å²) in [5.74, 6) is 1.06. The monoisotopic (exact) mass is 418 g/mol. The minimum absolute atomic E-state index is 0.261. The van der Waals surface area contributed by atoms with Gasteiger partial charge in [0.2, 0.25) is 5.91 Å². The molecule has 4 nitrogen and oxygen atoms in total. The molecular weight excluding hydrogens is 400 g/mol. The van der Waals surface area contributed by atoms with E-state index >= 15 is 0 Å². The maximum Gasteiger partial charge on any atom is 0.223 e. The molecule has 1 saturated heterocycles. The molecule has 1 aromatic carbocycles. The number of carbonyl (C=O) groups excluding carboxylic acids is 1. The summed E-state index contributed by atoms with van der Waals surface area (Å²) < 4.78 is 7.12. The van der Waals surface area contributed by atoms with Crippen LogP contribution in [-0.2, 0) is 11.3 Å². The van der Waals surface area contributed by atoms with Crippen molar-refractivity contribution in [2.24, 2.45) is 0 Å². The third kappa shape index (κ3) is 4.69. The lowest BCUT2D eigenvalue weighted by atomic mass is 10.2. The van der Waals surface area contributed by atoms with Gasteiger partial charge < -0.3 is 15.0 Å². The SMILES string of the molecule is COc1c(Br)cc(CNCCC(=O)N2CCCC2)cc1Br. The van der Waals surface area contributed by atoms with Crippen molar-refractivity contribution in [1.29, 1.82) is 0 Å². The second-order valence-corrected chi connectivity index (χ2v) is 6.82. The molecular formula is C15H20Br2N2O2. The first-order chi connectivity index (χ1) is 10.1. The Bertz CT molecular complexity index is 479. The number of halogens is 2. The highest BCUT2D eigenvalue weighted by Crippen LogP contribution is 2.34. The highest BCUT2D eigenvalue weighted by atomic mass is 79.9. The molecule has 0 unspecified atom stereocenters. The molecule has 1 N–H and O–H groups in total. The zero-order valence-corrected chi connectivity index (χ0v) is 15.3. The molecule has 1 fully saturated rings. The number of ether oxygens (including phenoxy) is 1. The van der Waals surface area contributed by atoms with E-state index in [-0.39, 0.29) is 5.91 Å². The Hall–Kier alpha value is -0.590. The molecule has 1 aromatic rings. The van der Waals surface area contributed by atoms with Gasteiger partial charge in [-0.3, -0.25) is 4.79 Å². The third-order valence-electron chi connectivity index (χ3n) is 3.57. The first-order valence-corrected chi connectivity index (χ1v) is 8.71. The van der Waals surface area contributed by atoms with Crippen LogP contribution in [0.3, 0.4) is 0 Å². The summed E-state index contributed by atoms with van der Waals surface area (Å²) in [5, 5.41) is 3.32. The number of rotatable bonds is 6. The number of likely N-dealkylation sites (tertiary alicyclic amines) is 1. The molecule has 0 atom stereocenters. The predicted octanol–water partition coefficient (Wildman–Crippen LogP) is 3.32. The van der Waals surface area contributed by atoms with Gasteiger partial charge in [0.25, 0.3) is 0 Å². The molecule has 21 heavy (non-hydrogen) atoms. The molecule has 0 aliphatic carbocycles. The van der Waals surface area contributed by atoms with Crippen LogP contribution >= 0.6 is 31.9 Å². The van der Waals surface area contributed by atoms with E-state index < -0.39 is 0 Å². The first kappa shape index (κ1) is 16.8. The molecule has 116 valence electrons.